The van der Waals surface area contributed by atoms with Crippen molar-refractivity contribution in [2.45, 2.75) is 83.3 Å². The monoisotopic (exact) mass is 595 g/mol. The predicted octanol–water partition coefficient (Wildman–Crippen LogP) is 6.01. The number of benzene rings is 1. The molecule has 3 atom stereocenters. The molecular formula is C31H36F3N7O2. The maximum Gasteiger partial charge on any atom is 0.416 e. The predicted molar refractivity (Wildman–Crippen MR) is 157 cm³/mol. The fourth-order valence-corrected chi connectivity index (χ4v) is 6.95. The molecule has 2 unspecified atom stereocenters. The largest absolute Gasteiger partial charge is 0.416 e. The Bertz CT molecular complexity index is 1700. The number of hydrogen-bond donors (Lipinski definition) is 2. The molecule has 0 spiro atoms. The quantitative estimate of drug-likeness (QED) is 0.263. The molecule has 5 heterocycles. The fraction of sp³-hybridized carbons (Fsp3) is 0.484. The molecule has 228 valence electrons. The summed E-state index contributed by atoms with van der Waals surface area (Å²) in [7, 11) is 1.70. The molecule has 0 aliphatic carbocycles. The first-order valence-corrected chi connectivity index (χ1v) is 14.6. The summed E-state index contributed by atoms with van der Waals surface area (Å²) in [6, 6.07) is 5.11. The number of pyridine rings is 1. The molecule has 9 nitrogen and oxygen atoms in total. The summed E-state index contributed by atoms with van der Waals surface area (Å²) in [5.74, 6) is 1.06. The molecule has 0 saturated carbocycles. The highest BCUT2D eigenvalue weighted by molar-refractivity contribution is 5.90. The van der Waals surface area contributed by atoms with Crippen LogP contribution in [-0.4, -0.2) is 49.4 Å². The zero-order valence-electron chi connectivity index (χ0n) is 24.9. The van der Waals surface area contributed by atoms with E-state index in [1.165, 1.54) is 6.07 Å². The fourth-order valence-electron chi connectivity index (χ4n) is 6.95. The van der Waals surface area contributed by atoms with E-state index in [0.29, 0.717) is 46.7 Å². The van der Waals surface area contributed by atoms with E-state index in [1.54, 1.807) is 27.2 Å². The van der Waals surface area contributed by atoms with E-state index in [-0.39, 0.29) is 29.6 Å². The van der Waals surface area contributed by atoms with Crippen LogP contribution in [0, 0.1) is 12.8 Å². The van der Waals surface area contributed by atoms with Crippen LogP contribution in [0.4, 0.5) is 24.7 Å². The number of halogens is 3. The maximum atomic E-state index is 13.5. The average Bonchev–Trinajstić information content (AvgIpc) is 3.54. The Morgan fingerprint density at radius 3 is 2.42 bits per heavy atom. The summed E-state index contributed by atoms with van der Waals surface area (Å²) >= 11 is 0. The number of ether oxygens (including phenoxy) is 1. The zero-order valence-corrected chi connectivity index (χ0v) is 24.9. The van der Waals surface area contributed by atoms with E-state index < -0.39 is 23.4 Å². The molecule has 1 amide bonds. The van der Waals surface area contributed by atoms with Crippen LogP contribution in [-0.2, 0) is 21.3 Å². The minimum atomic E-state index is -4.52. The van der Waals surface area contributed by atoms with Crippen LogP contribution in [0.1, 0.15) is 75.0 Å². The lowest BCUT2D eigenvalue weighted by Crippen LogP contribution is -2.53. The van der Waals surface area contributed by atoms with Gasteiger partial charge in [0.15, 0.2) is 5.65 Å². The minimum Gasteiger partial charge on any atom is -0.399 e. The molecule has 4 aromatic rings. The van der Waals surface area contributed by atoms with Crippen LogP contribution in [0.3, 0.4) is 0 Å². The normalized spacial score (nSPS) is 23.0. The number of hydrogen-bond acceptors (Lipinski definition) is 7. The highest BCUT2D eigenvalue weighted by atomic mass is 19.4. The Balaban J connectivity index is 1.45. The first kappa shape index (κ1) is 29.2. The van der Waals surface area contributed by atoms with Gasteiger partial charge in [-0.2, -0.15) is 13.2 Å². The molecule has 0 radical (unpaired) electrons. The molecule has 2 aliphatic heterocycles. The van der Waals surface area contributed by atoms with Gasteiger partial charge in [0.1, 0.15) is 22.9 Å². The first-order chi connectivity index (χ1) is 20.3. The van der Waals surface area contributed by atoms with Crippen molar-refractivity contribution < 1.29 is 22.7 Å². The Kier molecular flexibility index (Phi) is 7.02. The van der Waals surface area contributed by atoms with E-state index in [1.807, 2.05) is 30.5 Å². The molecule has 3 N–H and O–H groups in total. The highest BCUT2D eigenvalue weighted by Crippen LogP contribution is 2.49. The van der Waals surface area contributed by atoms with Gasteiger partial charge in [0, 0.05) is 61.6 Å². The molecule has 2 fully saturated rings. The number of fused-ring (bicyclic) bond motifs is 5. The van der Waals surface area contributed by atoms with E-state index in [4.69, 9.17) is 20.4 Å². The van der Waals surface area contributed by atoms with Crippen LogP contribution in [0.5, 0.6) is 0 Å². The van der Waals surface area contributed by atoms with Crippen LogP contribution < -0.4 is 11.1 Å². The van der Waals surface area contributed by atoms with Crippen molar-refractivity contribution in [3.63, 3.8) is 0 Å². The van der Waals surface area contributed by atoms with Crippen molar-refractivity contribution in [3.8, 4) is 0 Å². The van der Waals surface area contributed by atoms with Gasteiger partial charge in [-0.3, -0.25) is 9.20 Å². The Hall–Kier alpha value is -3.93. The van der Waals surface area contributed by atoms with Gasteiger partial charge >= 0.3 is 6.18 Å². The van der Waals surface area contributed by atoms with Crippen molar-refractivity contribution >= 4 is 34.1 Å². The number of alkyl halides is 3. The summed E-state index contributed by atoms with van der Waals surface area (Å²) < 4.78 is 48.9. The van der Waals surface area contributed by atoms with Crippen LogP contribution >= 0.6 is 0 Å². The van der Waals surface area contributed by atoms with Crippen molar-refractivity contribution in [2.24, 2.45) is 5.92 Å². The number of piperidine rings is 1. The Labute approximate surface area is 247 Å². The van der Waals surface area contributed by atoms with E-state index >= 15 is 0 Å². The van der Waals surface area contributed by atoms with Gasteiger partial charge in [0.05, 0.1) is 17.0 Å². The van der Waals surface area contributed by atoms with Gasteiger partial charge < -0.3 is 20.7 Å². The van der Waals surface area contributed by atoms with E-state index in [9.17, 15) is 18.0 Å². The third kappa shape index (κ3) is 4.95. The number of amides is 1. The standard InChI is InChI=1S/C31H36F3N7O2/c1-16(2)29(42)41-22-6-7-23(41)15-30(14-22,43-5)25-13-24-26(38-18(4)39-27(24)40-9-8-36-28(25)40)37-17(3)19-10-20(31(32,33)34)12-21(35)11-19/h8-13,16-17,22-23H,6-7,14-15,35H2,1-5H3,(H,37,38,39)/t17-,22?,23?,30?/m1/s1. The van der Waals surface area contributed by atoms with Crippen molar-refractivity contribution in [1.82, 2.24) is 24.3 Å². The SMILES string of the molecule is COC1(c2cc3c(N[C@H](C)c4cc(N)cc(C(F)(F)F)c4)nc(C)nc3n3ccnc23)CC2CCC(C1)N2C(=O)C(C)C. The van der Waals surface area contributed by atoms with Crippen molar-refractivity contribution in [1.29, 1.82) is 0 Å². The molecular weight excluding hydrogens is 559 g/mol. The summed E-state index contributed by atoms with van der Waals surface area (Å²) in [5.41, 5.74) is 6.95. The third-order valence-corrected chi connectivity index (χ3v) is 8.97. The zero-order chi connectivity index (χ0) is 30.8. The lowest BCUT2D eigenvalue weighted by atomic mass is 9.79. The van der Waals surface area contributed by atoms with Gasteiger partial charge in [0.25, 0.3) is 0 Å². The van der Waals surface area contributed by atoms with Gasteiger partial charge in [-0.15, -0.1) is 0 Å². The van der Waals surface area contributed by atoms with E-state index in [0.717, 1.165) is 30.5 Å². The van der Waals surface area contributed by atoms with Crippen molar-refractivity contribution in [3.05, 3.63) is 59.2 Å². The summed E-state index contributed by atoms with van der Waals surface area (Å²) in [5, 5.41) is 4.01. The second-order valence-electron chi connectivity index (χ2n) is 12.2. The number of nitrogen functional groups attached to an aromatic ring is 1. The number of nitrogens with one attached hydrogen (secondary N) is 1. The van der Waals surface area contributed by atoms with Gasteiger partial charge in [-0.25, -0.2) is 15.0 Å². The molecule has 43 heavy (non-hydrogen) atoms. The lowest BCUT2D eigenvalue weighted by molar-refractivity contribution is -0.147. The molecule has 2 bridgehead atoms. The third-order valence-electron chi connectivity index (χ3n) is 8.97. The number of nitrogens with zero attached hydrogens (tertiary/aromatic N) is 5. The molecule has 2 saturated heterocycles. The number of anilines is 2. The lowest BCUT2D eigenvalue weighted by Gasteiger charge is -2.46. The topological polar surface area (TPSA) is 111 Å². The van der Waals surface area contributed by atoms with Gasteiger partial charge in [-0.05, 0) is 56.5 Å². The first-order valence-electron chi connectivity index (χ1n) is 14.6. The molecule has 6 rings (SSSR count). The number of rotatable bonds is 6. The number of aryl methyl sites for hydroxylation is 1. The smallest absolute Gasteiger partial charge is 0.399 e. The van der Waals surface area contributed by atoms with Gasteiger partial charge in [0.2, 0.25) is 5.91 Å². The molecule has 1 aromatic carbocycles. The summed E-state index contributed by atoms with van der Waals surface area (Å²) in [6.07, 6.45) is 2.12. The molecule has 2 aliphatic rings. The number of carbonyl (C=O) groups is 1. The summed E-state index contributed by atoms with van der Waals surface area (Å²) in [6.45, 7) is 7.40. The molecule has 3 aromatic heterocycles. The van der Waals surface area contributed by atoms with E-state index in [2.05, 4.69) is 15.2 Å². The van der Waals surface area contributed by atoms with Crippen LogP contribution in [0.25, 0.3) is 16.7 Å². The van der Waals surface area contributed by atoms with Crippen LogP contribution in [0.2, 0.25) is 0 Å². The number of imidazole rings is 1. The van der Waals surface area contributed by atoms with Crippen LogP contribution in [0.15, 0.2) is 36.7 Å². The highest BCUT2D eigenvalue weighted by Gasteiger charge is 2.52. The average molecular weight is 596 g/mol. The number of methoxy groups -OCH3 is 1. The Morgan fingerprint density at radius 1 is 1.09 bits per heavy atom. The molecule has 12 heteroatoms. The number of nitrogens with two attached hydrogens (primary N) is 1. The second kappa shape index (κ2) is 10.4. The Morgan fingerprint density at radius 2 is 1.79 bits per heavy atom. The number of carbonyl (C=O) groups excluding carboxylic acids is 1. The number of aromatic nitrogens is 4. The second-order valence-corrected chi connectivity index (χ2v) is 12.2. The maximum absolute atomic E-state index is 13.5. The minimum absolute atomic E-state index is 0.0311. The van der Waals surface area contributed by atoms with Crippen molar-refractivity contribution in [2.75, 3.05) is 18.2 Å². The summed E-state index contributed by atoms with van der Waals surface area (Å²) in [4.78, 5) is 29.3. The van der Waals surface area contributed by atoms with Gasteiger partial charge in [-0.1, -0.05) is 13.8 Å².